The van der Waals surface area contributed by atoms with Gasteiger partial charge in [0.25, 0.3) is 0 Å². The molecular formula is C18H21O3P. The third-order valence-corrected chi connectivity index (χ3v) is 5.66. The van der Waals surface area contributed by atoms with Gasteiger partial charge in [-0.3, -0.25) is 0 Å². The topological polar surface area (TPSA) is 46.5 Å². The highest BCUT2D eigenvalue weighted by Gasteiger charge is 2.27. The quantitative estimate of drug-likeness (QED) is 0.837. The summed E-state index contributed by atoms with van der Waals surface area (Å²) in [4.78, 5) is 10.3. The van der Waals surface area contributed by atoms with Crippen molar-refractivity contribution in [1.29, 1.82) is 0 Å². The van der Waals surface area contributed by atoms with Crippen molar-refractivity contribution in [3.8, 4) is 5.75 Å². The summed E-state index contributed by atoms with van der Waals surface area (Å²) in [6.45, 7) is 0. The van der Waals surface area contributed by atoms with Crippen molar-refractivity contribution < 1.29 is 14.0 Å². The van der Waals surface area contributed by atoms with Gasteiger partial charge in [-0.05, 0) is 42.5 Å². The minimum atomic E-state index is -3.84. The number of benzene rings is 2. The lowest BCUT2D eigenvalue weighted by Gasteiger charge is -2.25. The average molecular weight is 316 g/mol. The number of rotatable bonds is 4. The monoisotopic (exact) mass is 316 g/mol. The summed E-state index contributed by atoms with van der Waals surface area (Å²) in [5.74, 6) is 0.977. The Kier molecular flexibility index (Phi) is 4.66. The summed E-state index contributed by atoms with van der Waals surface area (Å²) in [6, 6.07) is 16.2. The predicted molar refractivity (Wildman–Crippen MR) is 88.8 cm³/mol. The van der Waals surface area contributed by atoms with Crippen molar-refractivity contribution in [2.24, 2.45) is 0 Å². The highest BCUT2D eigenvalue weighted by molar-refractivity contribution is 7.61. The first kappa shape index (κ1) is 15.3. The molecule has 1 saturated carbocycles. The predicted octanol–water partition coefficient (Wildman–Crippen LogP) is 4.62. The molecule has 0 aromatic heterocycles. The Labute approximate surface area is 131 Å². The summed E-state index contributed by atoms with van der Waals surface area (Å²) in [6.07, 6.45) is 5.97. The summed E-state index contributed by atoms with van der Waals surface area (Å²) in [7, 11) is -3.84. The Morgan fingerprint density at radius 3 is 2.27 bits per heavy atom. The van der Waals surface area contributed by atoms with Crippen LogP contribution in [0.3, 0.4) is 0 Å². The molecule has 0 aliphatic heterocycles. The van der Waals surface area contributed by atoms with Crippen LogP contribution in [-0.4, -0.2) is 4.89 Å². The maximum absolute atomic E-state index is 12.6. The van der Waals surface area contributed by atoms with E-state index in [0.717, 1.165) is 18.4 Å². The number of hydrogen-bond acceptors (Lipinski definition) is 2. The van der Waals surface area contributed by atoms with E-state index in [4.69, 9.17) is 4.52 Å². The maximum Gasteiger partial charge on any atom is 0.408 e. The number of para-hydroxylation sites is 1. The third kappa shape index (κ3) is 3.43. The molecular weight excluding hydrogens is 295 g/mol. The second kappa shape index (κ2) is 6.68. The van der Waals surface area contributed by atoms with E-state index in [9.17, 15) is 9.46 Å². The smallest absolute Gasteiger partial charge is 0.408 e. The molecule has 3 rings (SSSR count). The Morgan fingerprint density at radius 2 is 1.55 bits per heavy atom. The minimum absolute atomic E-state index is 0.327. The number of hydrogen-bond donors (Lipinski definition) is 1. The van der Waals surface area contributed by atoms with Crippen LogP contribution < -0.4 is 9.83 Å². The Hall–Kier alpha value is -1.57. The largest absolute Gasteiger partial charge is 0.421 e. The van der Waals surface area contributed by atoms with Crippen molar-refractivity contribution in [1.82, 2.24) is 0 Å². The van der Waals surface area contributed by atoms with Crippen molar-refractivity contribution in [2.75, 3.05) is 0 Å². The van der Waals surface area contributed by atoms with Gasteiger partial charge in [-0.25, -0.2) is 4.57 Å². The van der Waals surface area contributed by atoms with Crippen LogP contribution in [0, 0.1) is 0 Å². The lowest BCUT2D eigenvalue weighted by atomic mass is 9.84. The summed E-state index contributed by atoms with van der Waals surface area (Å²) in [5.41, 5.74) is 1.06. The second-order valence-electron chi connectivity index (χ2n) is 5.82. The maximum atomic E-state index is 12.6. The molecule has 0 spiro atoms. The minimum Gasteiger partial charge on any atom is -0.421 e. The van der Waals surface area contributed by atoms with Gasteiger partial charge in [0, 0.05) is 0 Å². The van der Waals surface area contributed by atoms with Gasteiger partial charge in [0.2, 0.25) is 0 Å². The van der Waals surface area contributed by atoms with Crippen LogP contribution in [0.25, 0.3) is 0 Å². The fourth-order valence-corrected chi connectivity index (χ4v) is 4.20. The lowest BCUT2D eigenvalue weighted by molar-refractivity contribution is 0.383. The van der Waals surface area contributed by atoms with E-state index in [1.54, 1.807) is 30.3 Å². The molecule has 1 N–H and O–H groups in total. The van der Waals surface area contributed by atoms with E-state index in [0.29, 0.717) is 17.0 Å². The normalized spacial score (nSPS) is 18.6. The highest BCUT2D eigenvalue weighted by Crippen LogP contribution is 2.45. The molecule has 1 fully saturated rings. The molecule has 22 heavy (non-hydrogen) atoms. The van der Waals surface area contributed by atoms with Gasteiger partial charge in [-0.1, -0.05) is 55.7 Å². The molecule has 3 nitrogen and oxygen atoms in total. The summed E-state index contributed by atoms with van der Waals surface area (Å²) < 4.78 is 18.1. The van der Waals surface area contributed by atoms with Crippen LogP contribution in [-0.2, 0) is 4.57 Å². The molecule has 2 aromatic rings. The molecule has 1 aliphatic carbocycles. The van der Waals surface area contributed by atoms with E-state index < -0.39 is 7.60 Å². The molecule has 0 bridgehead atoms. The van der Waals surface area contributed by atoms with Crippen molar-refractivity contribution in [2.45, 2.75) is 38.0 Å². The standard InChI is InChI=1S/C18H21O3P/c19-22(20,16-11-5-2-6-12-16)21-18-14-8-7-13-17(18)15-9-3-1-4-10-15/h2,5-8,11-15H,1,3-4,9-10H2,(H,19,20). The van der Waals surface area contributed by atoms with Gasteiger partial charge in [0.15, 0.2) is 0 Å². The second-order valence-corrected chi connectivity index (χ2v) is 7.56. The van der Waals surface area contributed by atoms with Gasteiger partial charge in [-0.15, -0.1) is 0 Å². The van der Waals surface area contributed by atoms with Crippen LogP contribution in [0.1, 0.15) is 43.6 Å². The molecule has 116 valence electrons. The van der Waals surface area contributed by atoms with Crippen LogP contribution in [0.5, 0.6) is 5.75 Å². The molecule has 0 amide bonds. The third-order valence-electron chi connectivity index (χ3n) is 4.27. The Morgan fingerprint density at radius 1 is 0.909 bits per heavy atom. The molecule has 2 aromatic carbocycles. The lowest BCUT2D eigenvalue weighted by Crippen LogP contribution is -2.11. The van der Waals surface area contributed by atoms with Crippen molar-refractivity contribution >= 4 is 12.9 Å². The average Bonchev–Trinajstić information content (AvgIpc) is 2.57. The molecule has 4 heteroatoms. The summed E-state index contributed by atoms with van der Waals surface area (Å²) >= 11 is 0. The van der Waals surface area contributed by atoms with Crippen molar-refractivity contribution in [3.05, 3.63) is 60.2 Å². The first-order chi connectivity index (χ1) is 10.7. The van der Waals surface area contributed by atoms with Gasteiger partial charge < -0.3 is 9.42 Å². The molecule has 0 heterocycles. The van der Waals surface area contributed by atoms with Crippen LogP contribution in [0.2, 0.25) is 0 Å². The molecule has 1 atom stereocenters. The fourth-order valence-electron chi connectivity index (χ4n) is 3.12. The zero-order chi connectivity index (χ0) is 15.4. The molecule has 1 aliphatic rings. The van der Waals surface area contributed by atoms with Gasteiger partial charge in [-0.2, -0.15) is 0 Å². The molecule has 1 unspecified atom stereocenters. The van der Waals surface area contributed by atoms with Gasteiger partial charge in [0.05, 0.1) is 5.30 Å². The van der Waals surface area contributed by atoms with E-state index in [2.05, 4.69) is 0 Å². The van der Waals surface area contributed by atoms with Crippen molar-refractivity contribution in [3.63, 3.8) is 0 Å². The SMILES string of the molecule is O=P(O)(Oc1ccccc1C1CCCCC1)c1ccccc1. The highest BCUT2D eigenvalue weighted by atomic mass is 31.2. The Bertz CT molecular complexity index is 663. The Balaban J connectivity index is 1.87. The van der Waals surface area contributed by atoms with Gasteiger partial charge >= 0.3 is 7.60 Å². The van der Waals surface area contributed by atoms with Gasteiger partial charge in [0.1, 0.15) is 5.75 Å². The molecule has 0 radical (unpaired) electrons. The fraction of sp³-hybridized carbons (Fsp3) is 0.333. The van der Waals surface area contributed by atoms with Crippen LogP contribution in [0.4, 0.5) is 0 Å². The van der Waals surface area contributed by atoms with Crippen LogP contribution in [0.15, 0.2) is 54.6 Å². The van der Waals surface area contributed by atoms with E-state index in [1.807, 2.05) is 24.3 Å². The van der Waals surface area contributed by atoms with Crippen LogP contribution >= 0.6 is 7.60 Å². The summed E-state index contributed by atoms with van der Waals surface area (Å²) in [5, 5.41) is 0.327. The van der Waals surface area contributed by atoms with E-state index in [1.165, 1.54) is 19.3 Å². The zero-order valence-corrected chi connectivity index (χ0v) is 13.4. The molecule has 0 saturated heterocycles. The first-order valence-electron chi connectivity index (χ1n) is 7.84. The van der Waals surface area contributed by atoms with E-state index in [-0.39, 0.29) is 0 Å². The zero-order valence-electron chi connectivity index (χ0n) is 12.5. The van der Waals surface area contributed by atoms with E-state index >= 15 is 0 Å². The first-order valence-corrected chi connectivity index (χ1v) is 9.41.